The molecule has 0 spiro atoms. The van der Waals surface area contributed by atoms with E-state index in [1.807, 2.05) is 0 Å². The molecule has 1 aromatic heterocycles. The number of rotatable bonds is 6. The molecule has 5 nitrogen and oxygen atoms in total. The van der Waals surface area contributed by atoms with Gasteiger partial charge in [0.25, 0.3) is 0 Å². The number of amides is 1. The second-order valence-corrected chi connectivity index (χ2v) is 5.72. The first-order valence-electron chi connectivity index (χ1n) is 7.05. The predicted molar refractivity (Wildman–Crippen MR) is 76.4 cm³/mol. The molecule has 1 aliphatic carbocycles. The zero-order chi connectivity index (χ0) is 13.8. The van der Waals surface area contributed by atoms with Crippen molar-refractivity contribution in [1.82, 2.24) is 20.1 Å². The van der Waals surface area contributed by atoms with Crippen molar-refractivity contribution in [3.63, 3.8) is 0 Å². The van der Waals surface area contributed by atoms with Crippen LogP contribution in [0.15, 0.2) is 0 Å². The van der Waals surface area contributed by atoms with E-state index in [0.717, 1.165) is 18.7 Å². The van der Waals surface area contributed by atoms with Crippen molar-refractivity contribution in [3.8, 4) is 0 Å². The normalized spacial score (nSPS) is 16.9. The average molecular weight is 282 g/mol. The van der Waals surface area contributed by atoms with Crippen molar-refractivity contribution in [3.05, 3.63) is 10.6 Å². The Hall–Kier alpha value is -1.17. The Morgan fingerprint density at radius 3 is 2.95 bits per heavy atom. The van der Waals surface area contributed by atoms with Gasteiger partial charge in [0.2, 0.25) is 5.91 Å². The van der Waals surface area contributed by atoms with Gasteiger partial charge in [-0.3, -0.25) is 14.5 Å². The van der Waals surface area contributed by atoms with Gasteiger partial charge < -0.3 is 5.32 Å². The molecule has 1 atom stereocenters. The van der Waals surface area contributed by atoms with Crippen molar-refractivity contribution in [2.45, 2.75) is 58.5 Å². The molecule has 0 aromatic carbocycles. The lowest BCUT2D eigenvalue weighted by atomic mass is 9.80. The standard InChI is InChI=1S/C13H22N4OS/c1-3-5-11-15-16-13(19)17(11)8-12(18)14-9(2)10-6-4-7-10/h9-10H,3-8H2,1-2H3,(H,14,18)(H,16,19). The highest BCUT2D eigenvalue weighted by Gasteiger charge is 2.25. The minimum Gasteiger partial charge on any atom is -0.352 e. The van der Waals surface area contributed by atoms with Gasteiger partial charge in [-0.15, -0.1) is 0 Å². The van der Waals surface area contributed by atoms with Gasteiger partial charge in [0, 0.05) is 12.5 Å². The minimum absolute atomic E-state index is 0.0225. The third kappa shape index (κ3) is 3.43. The van der Waals surface area contributed by atoms with Crippen molar-refractivity contribution >= 4 is 18.1 Å². The van der Waals surface area contributed by atoms with Crippen LogP contribution in [0.1, 0.15) is 45.4 Å². The number of nitrogens with zero attached hydrogens (tertiary/aromatic N) is 2. The third-order valence-electron chi connectivity index (χ3n) is 3.86. The molecule has 1 amide bonds. The first kappa shape index (κ1) is 14.2. The first-order chi connectivity index (χ1) is 9.11. The number of aromatic amines is 1. The lowest BCUT2D eigenvalue weighted by Gasteiger charge is -2.31. The summed E-state index contributed by atoms with van der Waals surface area (Å²) in [6.45, 7) is 4.44. The average Bonchev–Trinajstić information content (AvgIpc) is 2.59. The van der Waals surface area contributed by atoms with Crippen LogP contribution in [0.4, 0.5) is 0 Å². The number of H-pyrrole nitrogens is 1. The van der Waals surface area contributed by atoms with Crippen molar-refractivity contribution in [2.24, 2.45) is 5.92 Å². The van der Waals surface area contributed by atoms with E-state index in [1.54, 1.807) is 4.57 Å². The van der Waals surface area contributed by atoms with Crippen molar-refractivity contribution in [2.75, 3.05) is 0 Å². The van der Waals surface area contributed by atoms with Gasteiger partial charge in [-0.1, -0.05) is 13.3 Å². The van der Waals surface area contributed by atoms with Gasteiger partial charge in [0.05, 0.1) is 0 Å². The van der Waals surface area contributed by atoms with Gasteiger partial charge in [-0.2, -0.15) is 5.10 Å². The molecular formula is C13H22N4OS. The van der Waals surface area contributed by atoms with Crippen LogP contribution in [0.25, 0.3) is 0 Å². The maximum absolute atomic E-state index is 12.1. The molecule has 1 aromatic rings. The molecule has 2 N–H and O–H groups in total. The molecule has 0 saturated heterocycles. The molecule has 106 valence electrons. The van der Waals surface area contributed by atoms with E-state index in [2.05, 4.69) is 29.4 Å². The first-order valence-corrected chi connectivity index (χ1v) is 7.46. The van der Waals surface area contributed by atoms with Crippen molar-refractivity contribution < 1.29 is 4.79 Å². The number of hydrogen-bond donors (Lipinski definition) is 2. The van der Waals surface area contributed by atoms with E-state index in [0.29, 0.717) is 10.7 Å². The smallest absolute Gasteiger partial charge is 0.240 e. The summed E-state index contributed by atoms with van der Waals surface area (Å²) in [7, 11) is 0. The fourth-order valence-electron chi connectivity index (χ4n) is 2.43. The topological polar surface area (TPSA) is 62.7 Å². The summed E-state index contributed by atoms with van der Waals surface area (Å²) < 4.78 is 2.32. The number of carbonyl (C=O) groups excluding carboxylic acids is 1. The highest BCUT2D eigenvalue weighted by molar-refractivity contribution is 7.71. The molecule has 0 radical (unpaired) electrons. The Balaban J connectivity index is 1.94. The summed E-state index contributed by atoms with van der Waals surface area (Å²) in [4.78, 5) is 12.1. The van der Waals surface area contributed by atoms with Crippen LogP contribution in [0.5, 0.6) is 0 Å². The van der Waals surface area contributed by atoms with Crippen LogP contribution in [-0.2, 0) is 17.8 Å². The van der Waals surface area contributed by atoms with E-state index in [-0.39, 0.29) is 18.5 Å². The third-order valence-corrected chi connectivity index (χ3v) is 4.17. The van der Waals surface area contributed by atoms with E-state index in [1.165, 1.54) is 19.3 Å². The van der Waals surface area contributed by atoms with Crippen LogP contribution in [-0.4, -0.2) is 26.7 Å². The van der Waals surface area contributed by atoms with E-state index in [4.69, 9.17) is 12.2 Å². The zero-order valence-electron chi connectivity index (χ0n) is 11.6. The Kier molecular flexibility index (Phi) is 4.74. The number of aromatic nitrogens is 3. The maximum atomic E-state index is 12.1. The predicted octanol–water partition coefficient (Wildman–Crippen LogP) is 2.20. The fourth-order valence-corrected chi connectivity index (χ4v) is 2.64. The van der Waals surface area contributed by atoms with E-state index >= 15 is 0 Å². The Morgan fingerprint density at radius 1 is 1.63 bits per heavy atom. The zero-order valence-corrected chi connectivity index (χ0v) is 12.4. The Morgan fingerprint density at radius 2 is 2.37 bits per heavy atom. The summed E-state index contributed by atoms with van der Waals surface area (Å²) >= 11 is 5.17. The summed E-state index contributed by atoms with van der Waals surface area (Å²) in [5, 5.41) is 10.00. The van der Waals surface area contributed by atoms with Gasteiger partial charge in [0.1, 0.15) is 12.4 Å². The molecule has 6 heteroatoms. The number of aryl methyl sites for hydroxylation is 1. The molecular weight excluding hydrogens is 260 g/mol. The largest absolute Gasteiger partial charge is 0.352 e. The quantitative estimate of drug-likeness (QED) is 0.786. The minimum atomic E-state index is 0.0225. The lowest BCUT2D eigenvalue weighted by Crippen LogP contribution is -2.42. The molecule has 1 saturated carbocycles. The number of hydrogen-bond acceptors (Lipinski definition) is 3. The van der Waals surface area contributed by atoms with Crippen LogP contribution in [0.3, 0.4) is 0 Å². The highest BCUT2D eigenvalue weighted by Crippen LogP contribution is 2.29. The second-order valence-electron chi connectivity index (χ2n) is 5.33. The molecule has 19 heavy (non-hydrogen) atoms. The van der Waals surface area contributed by atoms with E-state index < -0.39 is 0 Å². The lowest BCUT2D eigenvalue weighted by molar-refractivity contribution is -0.122. The second kappa shape index (κ2) is 6.32. The van der Waals surface area contributed by atoms with Gasteiger partial charge in [0.15, 0.2) is 4.77 Å². The van der Waals surface area contributed by atoms with Crippen molar-refractivity contribution in [1.29, 1.82) is 0 Å². The Labute approximate surface area is 118 Å². The molecule has 0 aliphatic heterocycles. The van der Waals surface area contributed by atoms with Crippen LogP contribution in [0.2, 0.25) is 0 Å². The van der Waals surface area contributed by atoms with Crippen LogP contribution < -0.4 is 5.32 Å². The van der Waals surface area contributed by atoms with Crippen LogP contribution >= 0.6 is 12.2 Å². The summed E-state index contributed by atoms with van der Waals surface area (Å²) in [5.41, 5.74) is 0. The monoisotopic (exact) mass is 282 g/mol. The van der Waals surface area contributed by atoms with Gasteiger partial charge in [-0.05, 0) is 44.3 Å². The molecule has 2 rings (SSSR count). The summed E-state index contributed by atoms with van der Waals surface area (Å²) in [6.07, 6.45) is 5.57. The van der Waals surface area contributed by atoms with E-state index in [9.17, 15) is 4.79 Å². The number of nitrogens with one attached hydrogen (secondary N) is 2. The maximum Gasteiger partial charge on any atom is 0.240 e. The molecule has 1 fully saturated rings. The Bertz CT molecular complexity index is 489. The van der Waals surface area contributed by atoms with Crippen LogP contribution in [0, 0.1) is 10.7 Å². The van der Waals surface area contributed by atoms with Gasteiger partial charge in [-0.25, -0.2) is 0 Å². The summed E-state index contributed by atoms with van der Waals surface area (Å²) in [5.74, 6) is 1.53. The molecule has 1 unspecified atom stereocenters. The summed E-state index contributed by atoms with van der Waals surface area (Å²) in [6, 6.07) is 0.261. The molecule has 1 heterocycles. The van der Waals surface area contributed by atoms with Gasteiger partial charge >= 0.3 is 0 Å². The highest BCUT2D eigenvalue weighted by atomic mass is 32.1. The fraction of sp³-hybridized carbons (Fsp3) is 0.769. The molecule has 0 bridgehead atoms. The number of carbonyl (C=O) groups is 1. The SMILES string of the molecule is CCCc1n[nH]c(=S)n1CC(=O)NC(C)C1CCC1. The molecule has 1 aliphatic rings.